The van der Waals surface area contributed by atoms with E-state index >= 15 is 0 Å². The molecule has 4 heteroatoms. The summed E-state index contributed by atoms with van der Waals surface area (Å²) in [6, 6.07) is 8.60. The molecule has 3 nitrogen and oxygen atoms in total. The Kier molecular flexibility index (Phi) is 5.56. The highest BCUT2D eigenvalue weighted by Crippen LogP contribution is 2.32. The molecule has 0 aliphatic carbocycles. The number of benzene rings is 1. The first-order chi connectivity index (χ1) is 9.74. The predicted octanol–water partition coefficient (Wildman–Crippen LogP) is 4.10. The van der Waals surface area contributed by atoms with E-state index in [1.807, 2.05) is 25.1 Å². The molecular weight excluding hydrogens is 268 g/mol. The Bertz CT molecular complexity index is 539. The lowest BCUT2D eigenvalue weighted by Gasteiger charge is -2.09. The summed E-state index contributed by atoms with van der Waals surface area (Å²) >= 11 is 1.67. The summed E-state index contributed by atoms with van der Waals surface area (Å²) in [4.78, 5) is 4.71. The van der Waals surface area contributed by atoms with Gasteiger partial charge in [0.15, 0.2) is 0 Å². The third-order valence-electron chi connectivity index (χ3n) is 3.21. The van der Waals surface area contributed by atoms with Crippen molar-refractivity contribution in [3.63, 3.8) is 0 Å². The van der Waals surface area contributed by atoms with Crippen LogP contribution in [-0.4, -0.2) is 17.6 Å². The Morgan fingerprint density at radius 1 is 1.30 bits per heavy atom. The highest BCUT2D eigenvalue weighted by molar-refractivity contribution is 7.13. The molecule has 0 aliphatic rings. The minimum absolute atomic E-state index is 0.524. The van der Waals surface area contributed by atoms with Gasteiger partial charge in [-0.2, -0.15) is 0 Å². The van der Waals surface area contributed by atoms with E-state index in [2.05, 4.69) is 30.6 Å². The Labute approximate surface area is 125 Å². The van der Waals surface area contributed by atoms with Crippen LogP contribution in [0.25, 0.3) is 10.6 Å². The highest BCUT2D eigenvalue weighted by atomic mass is 32.1. The fourth-order valence-corrected chi connectivity index (χ4v) is 2.71. The molecule has 0 spiro atoms. The number of ether oxygens (including phenoxy) is 1. The van der Waals surface area contributed by atoms with Crippen molar-refractivity contribution < 1.29 is 4.74 Å². The third kappa shape index (κ3) is 3.81. The lowest BCUT2D eigenvalue weighted by atomic mass is 10.2. The van der Waals surface area contributed by atoms with Gasteiger partial charge in [0.1, 0.15) is 10.8 Å². The molecule has 108 valence electrons. The van der Waals surface area contributed by atoms with E-state index in [-0.39, 0.29) is 0 Å². The van der Waals surface area contributed by atoms with Gasteiger partial charge in [-0.25, -0.2) is 4.98 Å². The number of nitrogens with zero attached hydrogens (tertiary/aromatic N) is 1. The van der Waals surface area contributed by atoms with Crippen LogP contribution in [0.3, 0.4) is 0 Å². The summed E-state index contributed by atoms with van der Waals surface area (Å²) in [6.45, 7) is 7.87. The van der Waals surface area contributed by atoms with Crippen LogP contribution in [-0.2, 0) is 6.54 Å². The molecule has 1 N–H and O–H groups in total. The number of aromatic nitrogens is 1. The zero-order valence-corrected chi connectivity index (χ0v) is 13.2. The van der Waals surface area contributed by atoms with Crippen LogP contribution in [0.2, 0.25) is 0 Å². The number of thiazole rings is 1. The van der Waals surface area contributed by atoms with Gasteiger partial charge >= 0.3 is 0 Å². The fraction of sp³-hybridized carbons (Fsp3) is 0.438. The van der Waals surface area contributed by atoms with E-state index in [0.717, 1.165) is 35.0 Å². The monoisotopic (exact) mass is 290 g/mol. The Balaban J connectivity index is 2.12. The summed E-state index contributed by atoms with van der Waals surface area (Å²) in [5.74, 6) is 0.908. The van der Waals surface area contributed by atoms with Gasteiger partial charge in [-0.1, -0.05) is 19.1 Å². The van der Waals surface area contributed by atoms with Crippen molar-refractivity contribution in [3.8, 4) is 16.3 Å². The first kappa shape index (κ1) is 15.0. The van der Waals surface area contributed by atoms with Gasteiger partial charge in [0.05, 0.1) is 17.9 Å². The molecular formula is C16H22N2OS. The molecule has 0 radical (unpaired) electrons. The summed E-state index contributed by atoms with van der Waals surface area (Å²) in [5.41, 5.74) is 2.17. The zero-order chi connectivity index (χ0) is 14.4. The van der Waals surface area contributed by atoms with Gasteiger partial charge in [-0.05, 0) is 32.4 Å². The van der Waals surface area contributed by atoms with Gasteiger partial charge in [0, 0.05) is 18.0 Å². The minimum atomic E-state index is 0.524. The van der Waals surface area contributed by atoms with Gasteiger partial charge in [0.2, 0.25) is 0 Å². The van der Waals surface area contributed by atoms with Crippen molar-refractivity contribution in [1.29, 1.82) is 0 Å². The lowest BCUT2D eigenvalue weighted by molar-refractivity contribution is 0.341. The quantitative estimate of drug-likeness (QED) is 0.833. The van der Waals surface area contributed by atoms with E-state index in [1.165, 1.54) is 0 Å². The molecule has 0 amide bonds. The van der Waals surface area contributed by atoms with Crippen LogP contribution in [0.4, 0.5) is 0 Å². The fourth-order valence-electron chi connectivity index (χ4n) is 1.86. The number of rotatable bonds is 7. The van der Waals surface area contributed by atoms with Crippen molar-refractivity contribution in [2.24, 2.45) is 0 Å². The minimum Gasteiger partial charge on any atom is -0.493 e. The van der Waals surface area contributed by atoms with Crippen LogP contribution >= 0.6 is 11.3 Å². The second kappa shape index (κ2) is 7.41. The van der Waals surface area contributed by atoms with E-state index < -0.39 is 0 Å². The van der Waals surface area contributed by atoms with E-state index in [0.29, 0.717) is 12.6 Å². The van der Waals surface area contributed by atoms with Crippen LogP contribution in [0.15, 0.2) is 29.6 Å². The Morgan fingerprint density at radius 2 is 2.10 bits per heavy atom. The summed E-state index contributed by atoms with van der Waals surface area (Å²) in [5, 5.41) is 6.61. The Morgan fingerprint density at radius 3 is 2.85 bits per heavy atom. The SMILES string of the molecule is CCOc1ccccc1-c1nc(CNC(C)CC)cs1. The van der Waals surface area contributed by atoms with Crippen molar-refractivity contribution in [1.82, 2.24) is 10.3 Å². The van der Waals surface area contributed by atoms with E-state index in [9.17, 15) is 0 Å². The van der Waals surface area contributed by atoms with Crippen LogP contribution in [0, 0.1) is 0 Å². The summed E-state index contributed by atoms with van der Waals surface area (Å²) in [7, 11) is 0. The molecule has 1 aromatic heterocycles. The summed E-state index contributed by atoms with van der Waals surface area (Å²) in [6.07, 6.45) is 1.13. The zero-order valence-electron chi connectivity index (χ0n) is 12.3. The lowest BCUT2D eigenvalue weighted by Crippen LogP contribution is -2.24. The number of nitrogens with one attached hydrogen (secondary N) is 1. The average Bonchev–Trinajstić information content (AvgIpc) is 2.94. The van der Waals surface area contributed by atoms with Crippen molar-refractivity contribution in [2.75, 3.05) is 6.61 Å². The van der Waals surface area contributed by atoms with Crippen molar-refractivity contribution >= 4 is 11.3 Å². The standard InChI is InChI=1S/C16H22N2OS/c1-4-12(3)17-10-13-11-20-16(18-13)14-8-6-7-9-15(14)19-5-2/h6-9,11-12,17H,4-5,10H2,1-3H3. The Hall–Kier alpha value is -1.39. The maximum atomic E-state index is 5.67. The molecule has 1 heterocycles. The molecule has 1 unspecified atom stereocenters. The average molecular weight is 290 g/mol. The maximum absolute atomic E-state index is 5.67. The summed E-state index contributed by atoms with van der Waals surface area (Å²) < 4.78 is 5.67. The molecule has 1 aromatic carbocycles. The van der Waals surface area contributed by atoms with Gasteiger partial charge in [-0.15, -0.1) is 11.3 Å². The highest BCUT2D eigenvalue weighted by Gasteiger charge is 2.10. The number of hydrogen-bond acceptors (Lipinski definition) is 4. The molecule has 2 aromatic rings. The molecule has 0 fully saturated rings. The molecule has 0 saturated carbocycles. The molecule has 0 saturated heterocycles. The molecule has 0 aliphatic heterocycles. The molecule has 0 bridgehead atoms. The third-order valence-corrected chi connectivity index (χ3v) is 4.14. The van der Waals surface area contributed by atoms with Crippen LogP contribution in [0.1, 0.15) is 32.9 Å². The topological polar surface area (TPSA) is 34.1 Å². The second-order valence-corrected chi connectivity index (χ2v) is 5.62. The van der Waals surface area contributed by atoms with Crippen LogP contribution < -0.4 is 10.1 Å². The van der Waals surface area contributed by atoms with Gasteiger partial charge in [-0.3, -0.25) is 0 Å². The van der Waals surface area contributed by atoms with Crippen molar-refractivity contribution in [2.45, 2.75) is 39.8 Å². The van der Waals surface area contributed by atoms with Gasteiger partial charge < -0.3 is 10.1 Å². The van der Waals surface area contributed by atoms with E-state index in [4.69, 9.17) is 9.72 Å². The van der Waals surface area contributed by atoms with Crippen molar-refractivity contribution in [3.05, 3.63) is 35.3 Å². The largest absolute Gasteiger partial charge is 0.493 e. The maximum Gasteiger partial charge on any atom is 0.129 e. The van der Waals surface area contributed by atoms with Crippen LogP contribution in [0.5, 0.6) is 5.75 Å². The second-order valence-electron chi connectivity index (χ2n) is 4.76. The normalized spacial score (nSPS) is 12.3. The number of hydrogen-bond donors (Lipinski definition) is 1. The first-order valence-electron chi connectivity index (χ1n) is 7.14. The molecule has 20 heavy (non-hydrogen) atoms. The smallest absolute Gasteiger partial charge is 0.129 e. The molecule has 2 rings (SSSR count). The first-order valence-corrected chi connectivity index (χ1v) is 8.02. The van der Waals surface area contributed by atoms with Gasteiger partial charge in [0.25, 0.3) is 0 Å². The number of para-hydroxylation sites is 1. The van der Waals surface area contributed by atoms with E-state index in [1.54, 1.807) is 11.3 Å². The predicted molar refractivity (Wildman–Crippen MR) is 85.3 cm³/mol. The molecule has 1 atom stereocenters.